The smallest absolute Gasteiger partial charge is 0.306 e. The predicted octanol–water partition coefficient (Wildman–Crippen LogP) is 22.6. The quantitative estimate of drug-likeness (QED) is 0.0261. The van der Waals surface area contributed by atoms with Gasteiger partial charge in [-0.2, -0.15) is 0 Å². The topological polar surface area (TPSA) is 78.9 Å². The Bertz CT molecular complexity index is 1570. The van der Waals surface area contributed by atoms with Crippen molar-refractivity contribution in [3.05, 3.63) is 109 Å². The second-order valence-corrected chi connectivity index (χ2v) is 21.6. The summed E-state index contributed by atoms with van der Waals surface area (Å²) >= 11 is 0. The molecule has 0 rings (SSSR count). The number of allylic oxidation sites excluding steroid dienone is 18. The van der Waals surface area contributed by atoms with Gasteiger partial charge in [-0.15, -0.1) is 0 Å². The molecule has 0 saturated heterocycles. The molecule has 0 aromatic heterocycles. The Morgan fingerprint density at radius 2 is 0.526 bits per heavy atom. The molecule has 1 atom stereocenters. The second kappa shape index (κ2) is 65.6. The van der Waals surface area contributed by atoms with E-state index in [-0.39, 0.29) is 37.5 Å². The summed E-state index contributed by atoms with van der Waals surface area (Å²) in [6, 6.07) is 0. The Kier molecular flexibility index (Phi) is 62.3. The lowest BCUT2D eigenvalue weighted by Crippen LogP contribution is -2.30. The molecule has 0 fully saturated rings. The van der Waals surface area contributed by atoms with Crippen molar-refractivity contribution in [3.63, 3.8) is 0 Å². The van der Waals surface area contributed by atoms with Crippen molar-refractivity contribution >= 4 is 17.9 Å². The van der Waals surface area contributed by atoms with Crippen molar-refractivity contribution in [2.75, 3.05) is 13.2 Å². The number of carbonyl (C=O) groups is 3. The SMILES string of the molecule is CC/C=C\C/C=C\C/C=C\C/C=C\C/C=C\CCCCCCCCCCCCCCCCCCCCCC(=O)OCC(COC(=O)CCCCCCCCCCCCCC)OC(=O)CC/C=C\C/C=C\C/C=C\C/C=C\CC. The van der Waals surface area contributed by atoms with Crippen LogP contribution in [-0.2, 0) is 28.6 Å². The third kappa shape index (κ3) is 62.9. The fourth-order valence-corrected chi connectivity index (χ4v) is 9.19. The minimum atomic E-state index is -0.813. The maximum atomic E-state index is 12.8. The highest BCUT2D eigenvalue weighted by molar-refractivity contribution is 5.71. The Morgan fingerprint density at radius 3 is 0.833 bits per heavy atom. The van der Waals surface area contributed by atoms with E-state index in [9.17, 15) is 14.4 Å². The Balaban J connectivity index is 4.10. The molecule has 0 aromatic carbocycles. The summed E-state index contributed by atoms with van der Waals surface area (Å²) in [7, 11) is 0. The second-order valence-electron chi connectivity index (χ2n) is 21.6. The molecule has 1 unspecified atom stereocenters. The molecule has 0 radical (unpaired) electrons. The summed E-state index contributed by atoms with van der Waals surface area (Å²) in [6.45, 7) is 6.36. The van der Waals surface area contributed by atoms with Gasteiger partial charge in [0.25, 0.3) is 0 Å². The van der Waals surface area contributed by atoms with Gasteiger partial charge in [-0.25, -0.2) is 0 Å². The van der Waals surface area contributed by atoms with Gasteiger partial charge in [0.15, 0.2) is 6.10 Å². The molecule has 0 aliphatic carbocycles. The fraction of sp³-hybridized carbons (Fsp3) is 0.708. The number of hydrogen-bond donors (Lipinski definition) is 0. The molecule has 0 aliphatic rings. The van der Waals surface area contributed by atoms with Crippen LogP contribution >= 0.6 is 0 Å². The van der Waals surface area contributed by atoms with E-state index in [2.05, 4.69) is 124 Å². The van der Waals surface area contributed by atoms with Gasteiger partial charge in [-0.1, -0.05) is 310 Å². The highest BCUT2D eigenvalue weighted by atomic mass is 16.6. The number of esters is 3. The highest BCUT2D eigenvalue weighted by Gasteiger charge is 2.19. The van der Waals surface area contributed by atoms with Crippen LogP contribution in [-0.4, -0.2) is 37.2 Å². The predicted molar refractivity (Wildman–Crippen MR) is 339 cm³/mol. The number of carbonyl (C=O) groups excluding carboxylic acids is 3. The monoisotopic (exact) mass is 1080 g/mol. The highest BCUT2D eigenvalue weighted by Crippen LogP contribution is 2.17. The van der Waals surface area contributed by atoms with Crippen LogP contribution in [0.15, 0.2) is 109 Å². The van der Waals surface area contributed by atoms with Crippen molar-refractivity contribution in [1.29, 1.82) is 0 Å². The lowest BCUT2D eigenvalue weighted by Gasteiger charge is -2.18. The van der Waals surface area contributed by atoms with E-state index in [1.807, 2.05) is 6.08 Å². The zero-order chi connectivity index (χ0) is 56.4. The van der Waals surface area contributed by atoms with Gasteiger partial charge in [-0.05, 0) is 89.9 Å². The van der Waals surface area contributed by atoms with E-state index < -0.39 is 6.10 Å². The van der Waals surface area contributed by atoms with E-state index in [0.29, 0.717) is 19.3 Å². The molecule has 446 valence electrons. The van der Waals surface area contributed by atoms with E-state index >= 15 is 0 Å². The van der Waals surface area contributed by atoms with Crippen LogP contribution in [0.2, 0.25) is 0 Å². The average Bonchev–Trinajstić information content (AvgIpc) is 3.44. The molecule has 0 bridgehead atoms. The largest absolute Gasteiger partial charge is 0.462 e. The maximum Gasteiger partial charge on any atom is 0.306 e. The van der Waals surface area contributed by atoms with Crippen LogP contribution in [0.25, 0.3) is 0 Å². The number of hydrogen-bond acceptors (Lipinski definition) is 6. The van der Waals surface area contributed by atoms with E-state index in [1.54, 1.807) is 0 Å². The van der Waals surface area contributed by atoms with Crippen LogP contribution < -0.4 is 0 Å². The van der Waals surface area contributed by atoms with E-state index in [0.717, 1.165) is 96.3 Å². The molecule has 6 nitrogen and oxygen atoms in total. The molecule has 0 aromatic rings. The third-order valence-electron chi connectivity index (χ3n) is 14.0. The first-order valence-electron chi connectivity index (χ1n) is 32.9. The first-order valence-corrected chi connectivity index (χ1v) is 32.9. The van der Waals surface area contributed by atoms with Gasteiger partial charge in [0, 0.05) is 19.3 Å². The normalized spacial score (nSPS) is 12.8. The molecule has 6 heteroatoms. The van der Waals surface area contributed by atoms with E-state index in [4.69, 9.17) is 14.2 Å². The lowest BCUT2D eigenvalue weighted by atomic mass is 10.0. The number of rotatable bonds is 59. The third-order valence-corrected chi connectivity index (χ3v) is 14.0. The summed E-state index contributed by atoms with van der Waals surface area (Å²) in [4.78, 5) is 38.1. The van der Waals surface area contributed by atoms with Crippen LogP contribution in [0.4, 0.5) is 0 Å². The maximum absolute atomic E-state index is 12.8. The molecule has 0 heterocycles. The molecule has 0 spiro atoms. The zero-order valence-corrected chi connectivity index (χ0v) is 51.2. The number of ether oxygens (including phenoxy) is 3. The first-order chi connectivity index (χ1) is 38.5. The molecule has 0 aliphatic heterocycles. The van der Waals surface area contributed by atoms with Gasteiger partial charge in [0.2, 0.25) is 0 Å². The molecular weight excluding hydrogens is 961 g/mol. The summed E-state index contributed by atoms with van der Waals surface area (Å²) in [5.74, 6) is -0.975. The molecule has 0 amide bonds. The van der Waals surface area contributed by atoms with Crippen LogP contribution in [0.5, 0.6) is 0 Å². The van der Waals surface area contributed by atoms with Gasteiger partial charge < -0.3 is 14.2 Å². The molecule has 0 N–H and O–H groups in total. The summed E-state index contributed by atoms with van der Waals surface area (Å²) in [6.07, 6.45) is 90.0. The first kappa shape index (κ1) is 74.1. The summed E-state index contributed by atoms with van der Waals surface area (Å²) in [5.41, 5.74) is 0. The Hall–Kier alpha value is -3.93. The lowest BCUT2D eigenvalue weighted by molar-refractivity contribution is -0.166. The Labute approximate surface area is 482 Å². The van der Waals surface area contributed by atoms with Crippen molar-refractivity contribution in [3.8, 4) is 0 Å². The zero-order valence-electron chi connectivity index (χ0n) is 51.2. The molecular formula is C72H122O6. The average molecular weight is 1080 g/mol. The van der Waals surface area contributed by atoms with Crippen LogP contribution in [0.1, 0.15) is 310 Å². The molecule has 78 heavy (non-hydrogen) atoms. The van der Waals surface area contributed by atoms with Gasteiger partial charge >= 0.3 is 17.9 Å². The van der Waals surface area contributed by atoms with Crippen molar-refractivity contribution in [2.24, 2.45) is 0 Å². The van der Waals surface area contributed by atoms with Gasteiger partial charge in [-0.3, -0.25) is 14.4 Å². The van der Waals surface area contributed by atoms with E-state index in [1.165, 1.54) is 167 Å². The number of unbranched alkanes of at least 4 members (excludes halogenated alkanes) is 30. The minimum absolute atomic E-state index is 0.102. The van der Waals surface area contributed by atoms with Crippen LogP contribution in [0.3, 0.4) is 0 Å². The standard InChI is InChI=1S/C72H122O6/c1-4-7-10-13-16-19-22-25-26-27-28-29-30-31-32-33-34-35-36-37-38-39-40-41-42-43-44-45-46-48-50-53-56-59-62-65-71(74)77-68-69(67-76-70(73)64-61-58-55-52-49-24-21-18-15-12-9-6-3)78-72(75)66-63-60-57-54-51-47-23-20-17-14-11-8-5-2/h7-8,10-11,16-17,19-20,25-26,28-29,31-32,47,51,57,60,69H,4-6,9,12-15,18,21-24,27,30,33-46,48-50,52-56,58-59,61-68H2,1-3H3/b10-7-,11-8-,19-16-,20-17-,26-25-,29-28-,32-31-,51-47-,60-57-. The van der Waals surface area contributed by atoms with Crippen molar-refractivity contribution < 1.29 is 28.6 Å². The minimum Gasteiger partial charge on any atom is -0.462 e. The van der Waals surface area contributed by atoms with Gasteiger partial charge in [0.05, 0.1) is 0 Å². The summed E-state index contributed by atoms with van der Waals surface area (Å²) in [5, 5.41) is 0. The Morgan fingerprint density at radius 1 is 0.269 bits per heavy atom. The van der Waals surface area contributed by atoms with Gasteiger partial charge in [0.1, 0.15) is 13.2 Å². The fourth-order valence-electron chi connectivity index (χ4n) is 9.19. The van der Waals surface area contributed by atoms with Crippen molar-refractivity contribution in [1.82, 2.24) is 0 Å². The van der Waals surface area contributed by atoms with Crippen LogP contribution in [0, 0.1) is 0 Å². The molecule has 0 saturated carbocycles. The van der Waals surface area contributed by atoms with Crippen molar-refractivity contribution in [2.45, 2.75) is 316 Å². The summed E-state index contributed by atoms with van der Waals surface area (Å²) < 4.78 is 16.8.